The molecule has 0 atom stereocenters. The summed E-state index contributed by atoms with van der Waals surface area (Å²) in [6.07, 6.45) is 0.864. The molecule has 0 aliphatic rings. The number of aldehydes is 1. The Kier molecular flexibility index (Phi) is 3.24. The third-order valence-corrected chi connectivity index (χ3v) is 3.01. The Morgan fingerprint density at radius 3 is 2.39 bits per heavy atom. The molecule has 0 unspecified atom stereocenters. The van der Waals surface area contributed by atoms with Crippen molar-refractivity contribution in [2.75, 3.05) is 0 Å². The smallest absolute Gasteiger partial charge is 0.150 e. The summed E-state index contributed by atoms with van der Waals surface area (Å²) in [5.74, 6) is 0.0555. The van der Waals surface area contributed by atoms with Gasteiger partial charge in [-0.1, -0.05) is 42.5 Å². The molecule has 0 aliphatic heterocycles. The number of rotatable bonds is 3. The fourth-order valence-electron chi connectivity index (χ4n) is 1.92. The topological polar surface area (TPSA) is 66.9 Å². The van der Waals surface area contributed by atoms with Crippen LogP contribution in [-0.2, 0) is 0 Å². The third kappa shape index (κ3) is 2.15. The molecule has 3 N–H and O–H groups in total. The van der Waals surface area contributed by atoms with Crippen molar-refractivity contribution in [3.63, 3.8) is 0 Å². The highest BCUT2D eigenvalue weighted by Crippen LogP contribution is 2.25. The first-order valence-corrected chi connectivity index (χ1v) is 5.63. The van der Waals surface area contributed by atoms with Crippen LogP contribution in [0.1, 0.15) is 21.5 Å². The van der Waals surface area contributed by atoms with Crippen LogP contribution in [0.5, 0.6) is 0 Å². The van der Waals surface area contributed by atoms with Crippen LogP contribution in [-0.4, -0.2) is 12.1 Å². The highest BCUT2D eigenvalue weighted by atomic mass is 16.1. The summed E-state index contributed by atoms with van der Waals surface area (Å²) in [6.45, 7) is 1.93. The zero-order valence-corrected chi connectivity index (χ0v) is 10.1. The number of hydrogen-bond donors (Lipinski definition) is 2. The molecule has 3 heteroatoms. The van der Waals surface area contributed by atoms with E-state index in [-0.39, 0.29) is 5.84 Å². The van der Waals surface area contributed by atoms with Gasteiger partial charge < -0.3 is 5.73 Å². The van der Waals surface area contributed by atoms with Crippen LogP contribution in [0.2, 0.25) is 0 Å². The van der Waals surface area contributed by atoms with Crippen LogP contribution in [0.25, 0.3) is 11.1 Å². The van der Waals surface area contributed by atoms with E-state index in [9.17, 15) is 4.79 Å². The fourth-order valence-corrected chi connectivity index (χ4v) is 1.92. The highest BCUT2D eigenvalue weighted by Gasteiger charge is 2.05. The summed E-state index contributed by atoms with van der Waals surface area (Å²) >= 11 is 0. The summed E-state index contributed by atoms with van der Waals surface area (Å²) in [5.41, 5.74) is 9.81. The number of carbonyl (C=O) groups is 1. The number of amidine groups is 1. The van der Waals surface area contributed by atoms with Crippen molar-refractivity contribution in [1.29, 1.82) is 5.41 Å². The fraction of sp³-hybridized carbons (Fsp3) is 0.0667. The molecule has 0 bridgehead atoms. The highest BCUT2D eigenvalue weighted by molar-refractivity contribution is 5.95. The van der Waals surface area contributed by atoms with Crippen molar-refractivity contribution < 1.29 is 4.79 Å². The standard InChI is InChI=1S/C15H14N2O/c1-10-13(9-18)3-2-4-14(10)11-5-7-12(8-6-11)15(16)17/h2-9H,1H3,(H3,16,17). The van der Waals surface area contributed by atoms with Crippen LogP contribution in [0.4, 0.5) is 0 Å². The third-order valence-electron chi connectivity index (χ3n) is 3.01. The van der Waals surface area contributed by atoms with Gasteiger partial charge in [0.1, 0.15) is 12.1 Å². The van der Waals surface area contributed by atoms with Crippen LogP contribution >= 0.6 is 0 Å². The van der Waals surface area contributed by atoms with Crippen molar-refractivity contribution >= 4 is 12.1 Å². The number of nitrogens with one attached hydrogen (secondary N) is 1. The van der Waals surface area contributed by atoms with E-state index in [1.807, 2.05) is 43.3 Å². The molecule has 0 aliphatic carbocycles. The van der Waals surface area contributed by atoms with Crippen LogP contribution in [0.3, 0.4) is 0 Å². The predicted octanol–water partition coefficient (Wildman–Crippen LogP) is 2.76. The maximum absolute atomic E-state index is 10.9. The molecule has 2 rings (SSSR count). The summed E-state index contributed by atoms with van der Waals surface area (Å²) < 4.78 is 0. The largest absolute Gasteiger partial charge is 0.384 e. The molecule has 0 aromatic heterocycles. The lowest BCUT2D eigenvalue weighted by Crippen LogP contribution is -2.10. The van der Waals surface area contributed by atoms with Crippen molar-refractivity contribution in [2.24, 2.45) is 5.73 Å². The molecule has 0 radical (unpaired) electrons. The lowest BCUT2D eigenvalue weighted by molar-refractivity contribution is 0.112. The summed E-state index contributed by atoms with van der Waals surface area (Å²) in [4.78, 5) is 10.9. The van der Waals surface area contributed by atoms with Gasteiger partial charge in [-0.25, -0.2) is 0 Å². The van der Waals surface area contributed by atoms with Gasteiger partial charge in [-0.2, -0.15) is 0 Å². The lowest BCUT2D eigenvalue weighted by Gasteiger charge is -2.08. The quantitative estimate of drug-likeness (QED) is 0.490. The molecule has 18 heavy (non-hydrogen) atoms. The van der Waals surface area contributed by atoms with E-state index < -0.39 is 0 Å². The molecule has 2 aromatic carbocycles. The Balaban J connectivity index is 2.49. The van der Waals surface area contributed by atoms with Gasteiger partial charge in [0.25, 0.3) is 0 Å². The number of carbonyl (C=O) groups excluding carboxylic acids is 1. The van der Waals surface area contributed by atoms with Crippen molar-refractivity contribution in [3.8, 4) is 11.1 Å². The molecular formula is C15H14N2O. The molecular weight excluding hydrogens is 224 g/mol. The Hall–Kier alpha value is -2.42. The van der Waals surface area contributed by atoms with Crippen molar-refractivity contribution in [1.82, 2.24) is 0 Å². The summed E-state index contributed by atoms with van der Waals surface area (Å²) in [5, 5.41) is 7.35. The lowest BCUT2D eigenvalue weighted by atomic mass is 9.96. The zero-order valence-electron chi connectivity index (χ0n) is 10.1. The maximum atomic E-state index is 10.9. The van der Waals surface area contributed by atoms with Gasteiger partial charge in [0, 0.05) is 11.1 Å². The molecule has 90 valence electrons. The second-order valence-corrected chi connectivity index (χ2v) is 4.13. The van der Waals surface area contributed by atoms with E-state index in [1.165, 1.54) is 0 Å². The summed E-state index contributed by atoms with van der Waals surface area (Å²) in [6, 6.07) is 13.1. The Morgan fingerprint density at radius 1 is 1.17 bits per heavy atom. The predicted molar refractivity (Wildman–Crippen MR) is 73.0 cm³/mol. The second-order valence-electron chi connectivity index (χ2n) is 4.13. The molecule has 0 fully saturated rings. The maximum Gasteiger partial charge on any atom is 0.150 e. The zero-order chi connectivity index (χ0) is 13.1. The Labute approximate surface area is 106 Å². The Morgan fingerprint density at radius 2 is 1.83 bits per heavy atom. The minimum atomic E-state index is 0.0555. The first kappa shape index (κ1) is 12.0. The normalized spacial score (nSPS) is 10.1. The van der Waals surface area contributed by atoms with E-state index in [2.05, 4.69) is 0 Å². The van der Waals surface area contributed by atoms with Crippen LogP contribution < -0.4 is 5.73 Å². The minimum Gasteiger partial charge on any atom is -0.384 e. The first-order chi connectivity index (χ1) is 8.63. The average molecular weight is 238 g/mol. The van der Waals surface area contributed by atoms with Crippen LogP contribution in [0.15, 0.2) is 42.5 Å². The molecule has 0 saturated heterocycles. The van der Waals surface area contributed by atoms with Gasteiger partial charge in [-0.05, 0) is 23.6 Å². The van der Waals surface area contributed by atoms with E-state index >= 15 is 0 Å². The number of benzene rings is 2. The van der Waals surface area contributed by atoms with Gasteiger partial charge in [0.05, 0.1) is 0 Å². The number of nitrogens with two attached hydrogens (primary N) is 1. The molecule has 0 amide bonds. The molecule has 0 saturated carbocycles. The first-order valence-electron chi connectivity index (χ1n) is 5.63. The van der Waals surface area contributed by atoms with Gasteiger partial charge >= 0.3 is 0 Å². The monoisotopic (exact) mass is 238 g/mol. The SMILES string of the molecule is Cc1c(C=O)cccc1-c1ccc(C(=N)N)cc1. The molecule has 0 heterocycles. The molecule has 2 aromatic rings. The Bertz CT molecular complexity index is 600. The van der Waals surface area contributed by atoms with Crippen molar-refractivity contribution in [2.45, 2.75) is 6.92 Å². The summed E-state index contributed by atoms with van der Waals surface area (Å²) in [7, 11) is 0. The van der Waals surface area contributed by atoms with E-state index in [0.29, 0.717) is 11.1 Å². The minimum absolute atomic E-state index is 0.0555. The van der Waals surface area contributed by atoms with E-state index in [1.54, 1.807) is 6.07 Å². The number of hydrogen-bond acceptors (Lipinski definition) is 2. The molecule has 0 spiro atoms. The average Bonchev–Trinajstić information content (AvgIpc) is 2.39. The van der Waals surface area contributed by atoms with Crippen LogP contribution in [0, 0.1) is 12.3 Å². The van der Waals surface area contributed by atoms with Crippen molar-refractivity contribution in [3.05, 3.63) is 59.2 Å². The van der Waals surface area contributed by atoms with Gasteiger partial charge in [0.2, 0.25) is 0 Å². The van der Waals surface area contributed by atoms with E-state index in [4.69, 9.17) is 11.1 Å². The molecule has 3 nitrogen and oxygen atoms in total. The number of nitrogen functional groups attached to an aromatic ring is 1. The van der Waals surface area contributed by atoms with Gasteiger partial charge in [-0.15, -0.1) is 0 Å². The van der Waals surface area contributed by atoms with Gasteiger partial charge in [0.15, 0.2) is 0 Å². The van der Waals surface area contributed by atoms with Gasteiger partial charge in [-0.3, -0.25) is 10.2 Å². The van der Waals surface area contributed by atoms with E-state index in [0.717, 1.165) is 23.0 Å². The second kappa shape index (κ2) is 4.84.